The Morgan fingerprint density at radius 2 is 1.78 bits per heavy atom. The second kappa shape index (κ2) is 5.68. The van der Waals surface area contributed by atoms with Gasteiger partial charge >= 0.3 is 0 Å². The van der Waals surface area contributed by atoms with Gasteiger partial charge in [-0.25, -0.2) is 0 Å². The molecule has 0 saturated carbocycles. The topological polar surface area (TPSA) is 26.0 Å². The van der Waals surface area contributed by atoms with Crippen LogP contribution in [0, 0.1) is 13.8 Å². The Labute approximate surface area is 114 Å². The summed E-state index contributed by atoms with van der Waals surface area (Å²) in [6.45, 7) is 6.47. The van der Waals surface area contributed by atoms with Crippen LogP contribution in [0.15, 0.2) is 30.3 Å². The van der Waals surface area contributed by atoms with E-state index in [9.17, 15) is 0 Å². The quantitative estimate of drug-likeness (QED) is 0.836. The van der Waals surface area contributed by atoms with Crippen molar-refractivity contribution in [2.45, 2.75) is 39.7 Å². The molecule has 0 aliphatic heterocycles. The first-order valence-electron chi connectivity index (χ1n) is 6.54. The molecule has 0 aliphatic carbocycles. The molecule has 0 amide bonds. The molecule has 2 N–H and O–H groups in total. The minimum absolute atomic E-state index is 0.194. The highest BCUT2D eigenvalue weighted by Crippen LogP contribution is 2.32. The maximum atomic E-state index is 6.17. The van der Waals surface area contributed by atoms with E-state index in [1.54, 1.807) is 0 Å². The van der Waals surface area contributed by atoms with Crippen LogP contribution in [0.1, 0.15) is 41.8 Å². The summed E-state index contributed by atoms with van der Waals surface area (Å²) in [6.07, 6.45) is 2.20. The Morgan fingerprint density at radius 1 is 1.11 bits per heavy atom. The van der Waals surface area contributed by atoms with Crippen LogP contribution >= 0.6 is 11.3 Å². The fourth-order valence-corrected chi connectivity index (χ4v) is 3.31. The number of aryl methyl sites for hydroxylation is 2. The predicted octanol–water partition coefficient (Wildman–Crippen LogP) is 4.83. The van der Waals surface area contributed by atoms with Crippen molar-refractivity contribution in [1.29, 1.82) is 0 Å². The summed E-state index contributed by atoms with van der Waals surface area (Å²) in [4.78, 5) is 2.62. The zero-order valence-electron chi connectivity index (χ0n) is 11.4. The lowest BCUT2D eigenvalue weighted by atomic mass is 10.1. The molecular formula is C16H21NS. The van der Waals surface area contributed by atoms with Gasteiger partial charge < -0.3 is 5.73 Å². The standard InChI is InChI=1S/C16H21NS/c1-4-5-14(17)16-7-6-15(18-16)13-9-11(2)8-12(3)10-13/h6-10,14H,4-5,17H2,1-3H3. The van der Waals surface area contributed by atoms with Gasteiger partial charge in [-0.3, -0.25) is 0 Å². The van der Waals surface area contributed by atoms with Gasteiger partial charge in [0.1, 0.15) is 0 Å². The van der Waals surface area contributed by atoms with Crippen molar-refractivity contribution >= 4 is 11.3 Å². The predicted molar refractivity (Wildman–Crippen MR) is 81.1 cm³/mol. The molecule has 0 fully saturated rings. The van der Waals surface area contributed by atoms with E-state index in [-0.39, 0.29) is 6.04 Å². The molecule has 0 aliphatic rings. The zero-order valence-corrected chi connectivity index (χ0v) is 12.2. The number of rotatable bonds is 4. The van der Waals surface area contributed by atoms with Gasteiger partial charge in [-0.1, -0.05) is 42.7 Å². The highest BCUT2D eigenvalue weighted by molar-refractivity contribution is 7.15. The minimum Gasteiger partial charge on any atom is -0.323 e. The van der Waals surface area contributed by atoms with Crippen LogP contribution in [0.4, 0.5) is 0 Å². The normalized spacial score (nSPS) is 12.7. The molecule has 96 valence electrons. The molecule has 0 radical (unpaired) electrons. The summed E-state index contributed by atoms with van der Waals surface area (Å²) in [6, 6.07) is 11.3. The van der Waals surface area contributed by atoms with Gasteiger partial charge in [0.2, 0.25) is 0 Å². The first-order chi connectivity index (χ1) is 8.60. The first kappa shape index (κ1) is 13.3. The second-order valence-electron chi connectivity index (χ2n) is 4.97. The molecule has 2 heteroatoms. The van der Waals surface area contributed by atoms with Crippen molar-refractivity contribution in [1.82, 2.24) is 0 Å². The largest absolute Gasteiger partial charge is 0.323 e. The highest BCUT2D eigenvalue weighted by Gasteiger charge is 2.09. The Balaban J connectivity index is 2.29. The lowest BCUT2D eigenvalue weighted by Gasteiger charge is -2.06. The molecule has 0 saturated heterocycles. The van der Waals surface area contributed by atoms with Crippen molar-refractivity contribution in [2.24, 2.45) is 5.73 Å². The van der Waals surface area contributed by atoms with E-state index < -0.39 is 0 Å². The third kappa shape index (κ3) is 3.01. The number of hydrogen-bond donors (Lipinski definition) is 1. The van der Waals surface area contributed by atoms with Crippen LogP contribution in [0.25, 0.3) is 10.4 Å². The number of hydrogen-bond acceptors (Lipinski definition) is 2. The Morgan fingerprint density at radius 3 is 2.39 bits per heavy atom. The first-order valence-corrected chi connectivity index (χ1v) is 7.35. The van der Waals surface area contributed by atoms with Crippen LogP contribution in [-0.4, -0.2) is 0 Å². The molecule has 1 unspecified atom stereocenters. The Hall–Kier alpha value is -1.12. The van der Waals surface area contributed by atoms with E-state index in [4.69, 9.17) is 5.73 Å². The SMILES string of the molecule is CCCC(N)c1ccc(-c2cc(C)cc(C)c2)s1. The molecule has 1 heterocycles. The van der Waals surface area contributed by atoms with Gasteiger partial charge in [0.25, 0.3) is 0 Å². The fourth-order valence-electron chi connectivity index (χ4n) is 2.28. The summed E-state index contributed by atoms with van der Waals surface area (Å²) in [7, 11) is 0. The van der Waals surface area contributed by atoms with E-state index in [2.05, 4.69) is 51.1 Å². The van der Waals surface area contributed by atoms with Crippen molar-refractivity contribution in [3.8, 4) is 10.4 Å². The van der Waals surface area contributed by atoms with Gasteiger partial charge in [-0.2, -0.15) is 0 Å². The molecule has 0 spiro atoms. The smallest absolute Gasteiger partial charge is 0.0389 e. The fraction of sp³-hybridized carbons (Fsp3) is 0.375. The van der Waals surface area contributed by atoms with Crippen molar-refractivity contribution in [3.05, 3.63) is 46.3 Å². The van der Waals surface area contributed by atoms with Crippen LogP contribution in [-0.2, 0) is 0 Å². The molecule has 18 heavy (non-hydrogen) atoms. The average Bonchev–Trinajstić information content (AvgIpc) is 2.77. The summed E-state index contributed by atoms with van der Waals surface area (Å²) in [5, 5.41) is 0. The Kier molecular flexibility index (Phi) is 4.20. The van der Waals surface area contributed by atoms with Crippen molar-refractivity contribution in [3.63, 3.8) is 0 Å². The molecule has 2 aromatic rings. The monoisotopic (exact) mass is 259 g/mol. The van der Waals surface area contributed by atoms with Crippen LogP contribution in [0.3, 0.4) is 0 Å². The van der Waals surface area contributed by atoms with Gasteiger partial charge in [0.05, 0.1) is 0 Å². The van der Waals surface area contributed by atoms with E-state index >= 15 is 0 Å². The van der Waals surface area contributed by atoms with E-state index in [0.29, 0.717) is 0 Å². The molecule has 1 nitrogen and oxygen atoms in total. The second-order valence-corrected chi connectivity index (χ2v) is 6.09. The third-order valence-electron chi connectivity index (χ3n) is 3.10. The summed E-state index contributed by atoms with van der Waals surface area (Å²) in [5.41, 5.74) is 10.1. The lowest BCUT2D eigenvalue weighted by molar-refractivity contribution is 0.648. The molecule has 1 aromatic carbocycles. The van der Waals surface area contributed by atoms with Gasteiger partial charge in [-0.05, 0) is 38.0 Å². The molecule has 1 aromatic heterocycles. The molecular weight excluding hydrogens is 238 g/mol. The van der Waals surface area contributed by atoms with Gasteiger partial charge in [-0.15, -0.1) is 11.3 Å². The van der Waals surface area contributed by atoms with Crippen LogP contribution < -0.4 is 5.73 Å². The van der Waals surface area contributed by atoms with E-state index in [1.807, 2.05) is 11.3 Å². The summed E-state index contributed by atoms with van der Waals surface area (Å²) < 4.78 is 0. The summed E-state index contributed by atoms with van der Waals surface area (Å²) in [5.74, 6) is 0. The minimum atomic E-state index is 0.194. The molecule has 0 bridgehead atoms. The maximum absolute atomic E-state index is 6.17. The molecule has 1 atom stereocenters. The summed E-state index contributed by atoms with van der Waals surface area (Å²) >= 11 is 1.83. The third-order valence-corrected chi connectivity index (χ3v) is 4.36. The van der Waals surface area contributed by atoms with Crippen LogP contribution in [0.5, 0.6) is 0 Å². The highest BCUT2D eigenvalue weighted by atomic mass is 32.1. The van der Waals surface area contributed by atoms with Crippen LogP contribution in [0.2, 0.25) is 0 Å². The zero-order chi connectivity index (χ0) is 13.1. The van der Waals surface area contributed by atoms with Gasteiger partial charge in [0, 0.05) is 15.8 Å². The number of thiophene rings is 1. The number of benzene rings is 1. The Bertz CT molecular complexity index is 507. The van der Waals surface area contributed by atoms with Crippen molar-refractivity contribution < 1.29 is 0 Å². The maximum Gasteiger partial charge on any atom is 0.0389 e. The van der Waals surface area contributed by atoms with Gasteiger partial charge in [0.15, 0.2) is 0 Å². The van der Waals surface area contributed by atoms with E-state index in [0.717, 1.165) is 12.8 Å². The lowest BCUT2D eigenvalue weighted by Crippen LogP contribution is -2.07. The number of nitrogens with two attached hydrogens (primary N) is 1. The average molecular weight is 259 g/mol. The van der Waals surface area contributed by atoms with Crippen molar-refractivity contribution in [2.75, 3.05) is 0 Å². The molecule has 2 rings (SSSR count). The van der Waals surface area contributed by atoms with E-state index in [1.165, 1.54) is 26.4 Å².